The average molecular weight is 451 g/mol. The fourth-order valence-electron chi connectivity index (χ4n) is 3.97. The number of hydrogen-bond acceptors (Lipinski definition) is 6. The first kappa shape index (κ1) is 22.6. The van der Waals surface area contributed by atoms with Crippen molar-refractivity contribution in [1.82, 2.24) is 19.9 Å². The van der Waals surface area contributed by atoms with Crippen molar-refractivity contribution in [2.24, 2.45) is 0 Å². The van der Waals surface area contributed by atoms with Gasteiger partial charge in [-0.3, -0.25) is 14.6 Å². The molecule has 9 heteroatoms. The Kier molecular flexibility index (Phi) is 7.41. The summed E-state index contributed by atoms with van der Waals surface area (Å²) in [7, 11) is 0. The van der Waals surface area contributed by atoms with E-state index in [1.807, 2.05) is 17.0 Å². The molecule has 2 aromatic heterocycles. The largest absolute Gasteiger partial charge is 0.378 e. The normalized spacial score (nSPS) is 16.1. The summed E-state index contributed by atoms with van der Waals surface area (Å²) < 4.78 is 5.36. The summed E-state index contributed by atoms with van der Waals surface area (Å²) >= 11 is 0. The number of amides is 1. The number of anilines is 3. The van der Waals surface area contributed by atoms with Gasteiger partial charge in [0.25, 0.3) is 5.56 Å². The summed E-state index contributed by atoms with van der Waals surface area (Å²) in [5, 5.41) is 3.68. The second-order valence-corrected chi connectivity index (χ2v) is 8.02. The predicted molar refractivity (Wildman–Crippen MR) is 130 cm³/mol. The number of nitrogens with zero attached hydrogens (tertiary/aromatic N) is 3. The molecule has 4 heterocycles. The highest BCUT2D eigenvalue weighted by Gasteiger charge is 2.13. The third-order valence-corrected chi connectivity index (χ3v) is 5.77. The van der Waals surface area contributed by atoms with E-state index in [4.69, 9.17) is 4.74 Å². The van der Waals surface area contributed by atoms with Crippen LogP contribution in [-0.4, -0.2) is 65.2 Å². The molecule has 2 aliphatic heterocycles. The third kappa shape index (κ3) is 5.81. The van der Waals surface area contributed by atoms with Crippen molar-refractivity contribution in [1.29, 1.82) is 0 Å². The van der Waals surface area contributed by atoms with Crippen molar-refractivity contribution in [3.05, 3.63) is 59.5 Å². The number of ether oxygens (including phenoxy) is 1. The lowest BCUT2D eigenvalue weighted by Gasteiger charge is -2.28. The van der Waals surface area contributed by atoms with Crippen molar-refractivity contribution in [3.8, 4) is 0 Å². The molecule has 0 radical (unpaired) electrons. The molecule has 0 spiro atoms. The maximum atomic E-state index is 11.9. The third-order valence-electron chi connectivity index (χ3n) is 5.77. The molecule has 0 unspecified atom stereocenters. The Labute approximate surface area is 192 Å². The topological polar surface area (TPSA) is 106 Å². The Bertz CT molecular complexity index is 1130. The molecular weight excluding hydrogens is 420 g/mol. The number of fused-ring (bicyclic) bond motifs is 1. The van der Waals surface area contributed by atoms with Crippen molar-refractivity contribution in [3.63, 3.8) is 0 Å². The maximum Gasteiger partial charge on any atom is 0.261 e. The van der Waals surface area contributed by atoms with Gasteiger partial charge in [-0.25, -0.2) is 0 Å². The number of hydrogen-bond donors (Lipinski definition) is 3. The molecule has 0 saturated carbocycles. The van der Waals surface area contributed by atoms with Crippen LogP contribution in [0.2, 0.25) is 0 Å². The van der Waals surface area contributed by atoms with E-state index in [1.54, 1.807) is 12.3 Å². The van der Waals surface area contributed by atoms with E-state index >= 15 is 0 Å². The van der Waals surface area contributed by atoms with Crippen LogP contribution >= 0.6 is 0 Å². The van der Waals surface area contributed by atoms with Gasteiger partial charge >= 0.3 is 0 Å². The highest BCUT2D eigenvalue weighted by molar-refractivity contribution is 5.87. The lowest BCUT2D eigenvalue weighted by atomic mass is 10.1. The molecular formula is C24H30N6O3. The summed E-state index contributed by atoms with van der Waals surface area (Å²) in [6.45, 7) is 8.63. The second kappa shape index (κ2) is 10.8. The monoisotopic (exact) mass is 450 g/mol. The van der Waals surface area contributed by atoms with E-state index < -0.39 is 0 Å². The van der Waals surface area contributed by atoms with Gasteiger partial charge in [0.15, 0.2) is 0 Å². The molecule has 0 atom stereocenters. The van der Waals surface area contributed by atoms with E-state index in [-0.39, 0.29) is 11.5 Å². The van der Waals surface area contributed by atoms with Gasteiger partial charge in [-0.15, -0.1) is 0 Å². The number of aromatic nitrogens is 3. The summed E-state index contributed by atoms with van der Waals surface area (Å²) in [6, 6.07) is 9.77. The molecule has 2 fully saturated rings. The molecule has 9 nitrogen and oxygen atoms in total. The molecule has 1 aromatic carbocycles. The van der Waals surface area contributed by atoms with Gasteiger partial charge in [0.05, 0.1) is 18.6 Å². The van der Waals surface area contributed by atoms with E-state index in [2.05, 4.69) is 43.9 Å². The number of H-pyrrole nitrogens is 2. The first-order valence-corrected chi connectivity index (χ1v) is 11.3. The van der Waals surface area contributed by atoms with Crippen LogP contribution in [0.3, 0.4) is 0 Å². The van der Waals surface area contributed by atoms with Gasteiger partial charge in [-0.2, -0.15) is 4.98 Å². The fourth-order valence-corrected chi connectivity index (χ4v) is 3.97. The number of carbonyl (C=O) groups is 1. The number of piperidine rings is 1. The standard InChI is InChI=1S/C16H17N5O2.C8H13NO/c22-15-13-5-6-17-14(13)19-16(20-15)18-11-1-3-12(4-2-11)21-7-9-23-10-8-21;1-2-8(10)9-6-4-3-5-7-9/h1-6H,7-10H2,(H3,17,18,19,20,22);2H,1,3-7H2. The van der Waals surface area contributed by atoms with Crippen molar-refractivity contribution >= 4 is 34.3 Å². The van der Waals surface area contributed by atoms with E-state index in [9.17, 15) is 9.59 Å². The Morgan fingerprint density at radius 3 is 2.48 bits per heavy atom. The minimum Gasteiger partial charge on any atom is -0.378 e. The van der Waals surface area contributed by atoms with Crippen LogP contribution in [0.25, 0.3) is 11.0 Å². The summed E-state index contributed by atoms with van der Waals surface area (Å²) in [4.78, 5) is 37.1. The van der Waals surface area contributed by atoms with E-state index in [1.165, 1.54) is 18.2 Å². The van der Waals surface area contributed by atoms with E-state index in [0.29, 0.717) is 17.0 Å². The zero-order valence-corrected chi connectivity index (χ0v) is 18.7. The zero-order valence-electron chi connectivity index (χ0n) is 18.7. The van der Waals surface area contributed by atoms with Crippen LogP contribution in [-0.2, 0) is 9.53 Å². The number of carbonyl (C=O) groups excluding carboxylic acids is 1. The van der Waals surface area contributed by atoms with E-state index in [0.717, 1.165) is 57.9 Å². The molecule has 2 saturated heterocycles. The number of benzene rings is 1. The lowest BCUT2D eigenvalue weighted by Crippen LogP contribution is -2.36. The smallest absolute Gasteiger partial charge is 0.261 e. The Hall–Kier alpha value is -3.59. The van der Waals surface area contributed by atoms with Crippen LogP contribution in [0.1, 0.15) is 19.3 Å². The number of rotatable bonds is 4. The highest BCUT2D eigenvalue weighted by Crippen LogP contribution is 2.20. The SMILES string of the molecule is C=CC(=O)N1CCCCC1.O=c1[nH]c(Nc2ccc(N3CCOCC3)cc2)nc2[nH]ccc12. The second-order valence-electron chi connectivity index (χ2n) is 8.02. The lowest BCUT2D eigenvalue weighted by molar-refractivity contribution is -0.126. The summed E-state index contributed by atoms with van der Waals surface area (Å²) in [5.41, 5.74) is 2.45. The van der Waals surface area contributed by atoms with Crippen LogP contribution < -0.4 is 15.8 Å². The molecule has 3 aromatic rings. The molecule has 3 N–H and O–H groups in total. The minimum atomic E-state index is -0.163. The van der Waals surface area contributed by atoms with Gasteiger partial charge in [-0.1, -0.05) is 6.58 Å². The molecule has 5 rings (SSSR count). The van der Waals surface area contributed by atoms with Gasteiger partial charge in [0.1, 0.15) is 5.65 Å². The molecule has 33 heavy (non-hydrogen) atoms. The first-order chi connectivity index (χ1) is 16.1. The summed E-state index contributed by atoms with van der Waals surface area (Å²) in [6.07, 6.45) is 6.67. The van der Waals surface area contributed by atoms with Crippen molar-refractivity contribution in [2.45, 2.75) is 19.3 Å². The predicted octanol–water partition coefficient (Wildman–Crippen LogP) is 3.02. The zero-order chi connectivity index (χ0) is 23.0. The molecule has 0 bridgehead atoms. The summed E-state index contributed by atoms with van der Waals surface area (Å²) in [5.74, 6) is 0.503. The Morgan fingerprint density at radius 2 is 1.79 bits per heavy atom. The minimum absolute atomic E-state index is 0.0831. The number of morpholine rings is 1. The van der Waals surface area contributed by atoms with Crippen LogP contribution in [0, 0.1) is 0 Å². The van der Waals surface area contributed by atoms with Crippen LogP contribution in [0.4, 0.5) is 17.3 Å². The number of likely N-dealkylation sites (tertiary alicyclic amines) is 1. The van der Waals surface area contributed by atoms with Gasteiger partial charge in [0, 0.05) is 43.8 Å². The molecule has 1 amide bonds. The number of nitrogens with one attached hydrogen (secondary N) is 3. The van der Waals surface area contributed by atoms with Crippen molar-refractivity contribution in [2.75, 3.05) is 49.6 Å². The van der Waals surface area contributed by atoms with Gasteiger partial charge < -0.3 is 24.8 Å². The molecule has 2 aliphatic rings. The quantitative estimate of drug-likeness (QED) is 0.528. The molecule has 0 aliphatic carbocycles. The van der Waals surface area contributed by atoms with Crippen molar-refractivity contribution < 1.29 is 9.53 Å². The number of aromatic amines is 2. The maximum absolute atomic E-state index is 11.9. The highest BCUT2D eigenvalue weighted by atomic mass is 16.5. The van der Waals surface area contributed by atoms with Gasteiger partial charge in [-0.05, 0) is 55.7 Å². The fraction of sp³-hybridized carbons (Fsp3) is 0.375. The molecule has 174 valence electrons. The van der Waals surface area contributed by atoms with Crippen LogP contribution in [0.15, 0.2) is 54.0 Å². The van der Waals surface area contributed by atoms with Crippen LogP contribution in [0.5, 0.6) is 0 Å². The average Bonchev–Trinajstić information content (AvgIpc) is 3.35. The Balaban J connectivity index is 0.000000219. The van der Waals surface area contributed by atoms with Gasteiger partial charge in [0.2, 0.25) is 11.9 Å². The first-order valence-electron chi connectivity index (χ1n) is 11.3. The Morgan fingerprint density at radius 1 is 1.06 bits per heavy atom.